The summed E-state index contributed by atoms with van der Waals surface area (Å²) in [6.07, 6.45) is 3.53. The van der Waals surface area contributed by atoms with Gasteiger partial charge in [-0.3, -0.25) is 10.1 Å². The van der Waals surface area contributed by atoms with Gasteiger partial charge in [-0.1, -0.05) is 6.07 Å². The number of hydrogen-bond acceptors (Lipinski definition) is 4. The van der Waals surface area contributed by atoms with Gasteiger partial charge in [0.15, 0.2) is 16.8 Å². The Bertz CT molecular complexity index is 843. The van der Waals surface area contributed by atoms with E-state index in [-0.39, 0.29) is 17.9 Å². The number of halogens is 2. The van der Waals surface area contributed by atoms with Crippen LogP contribution in [0.15, 0.2) is 24.4 Å². The lowest BCUT2D eigenvalue weighted by atomic mass is 9.97. The summed E-state index contributed by atoms with van der Waals surface area (Å²) in [6, 6.07) is 3.47. The maximum atomic E-state index is 13.3. The first-order chi connectivity index (χ1) is 13.0. The van der Waals surface area contributed by atoms with Crippen LogP contribution in [0.2, 0.25) is 0 Å². The fourth-order valence-corrected chi connectivity index (χ4v) is 3.88. The van der Waals surface area contributed by atoms with Crippen molar-refractivity contribution >= 4 is 28.4 Å². The number of piperidine rings is 1. The minimum absolute atomic E-state index is 0.0597. The molecule has 3 rings (SSSR count). The molecule has 2 aromatic rings. The second-order valence-electron chi connectivity index (χ2n) is 6.39. The van der Waals surface area contributed by atoms with Gasteiger partial charge in [-0.15, -0.1) is 11.3 Å². The molecule has 1 aliphatic heterocycles. The van der Waals surface area contributed by atoms with Gasteiger partial charge in [0, 0.05) is 37.6 Å². The Morgan fingerprint density at radius 3 is 2.89 bits per heavy atom. The van der Waals surface area contributed by atoms with E-state index in [9.17, 15) is 18.4 Å². The molecule has 2 heterocycles. The molecule has 1 aromatic carbocycles. The van der Waals surface area contributed by atoms with Crippen LogP contribution >= 0.6 is 11.3 Å². The molecule has 2 N–H and O–H groups in total. The van der Waals surface area contributed by atoms with E-state index in [0.717, 1.165) is 29.9 Å². The van der Waals surface area contributed by atoms with Crippen molar-refractivity contribution in [3.63, 3.8) is 0 Å². The minimum atomic E-state index is -0.888. The molecule has 1 atom stereocenters. The lowest BCUT2D eigenvalue weighted by molar-refractivity contribution is -0.125. The van der Waals surface area contributed by atoms with Crippen LogP contribution in [0.25, 0.3) is 0 Å². The number of hydrogen-bond donors (Lipinski definition) is 2. The number of amides is 3. The molecule has 144 valence electrons. The van der Waals surface area contributed by atoms with Gasteiger partial charge < -0.3 is 10.2 Å². The Labute approximate surface area is 159 Å². The van der Waals surface area contributed by atoms with E-state index in [2.05, 4.69) is 15.6 Å². The van der Waals surface area contributed by atoms with Crippen molar-refractivity contribution in [1.82, 2.24) is 15.2 Å². The summed E-state index contributed by atoms with van der Waals surface area (Å²) in [7, 11) is 1.59. The minimum Gasteiger partial charge on any atom is -0.359 e. The predicted octanol–water partition coefficient (Wildman–Crippen LogP) is 3.00. The highest BCUT2D eigenvalue weighted by Crippen LogP contribution is 2.23. The molecule has 0 aliphatic carbocycles. The van der Waals surface area contributed by atoms with Crippen molar-refractivity contribution in [2.45, 2.75) is 19.3 Å². The van der Waals surface area contributed by atoms with Crippen LogP contribution in [0, 0.1) is 17.6 Å². The second-order valence-corrected chi connectivity index (χ2v) is 7.50. The second kappa shape index (κ2) is 8.43. The molecule has 1 fully saturated rings. The number of carbonyl (C=O) groups is 2. The lowest BCUT2D eigenvalue weighted by Gasteiger charge is -2.31. The quantitative estimate of drug-likeness (QED) is 0.837. The Hall–Kier alpha value is -2.55. The van der Waals surface area contributed by atoms with Gasteiger partial charge in [0.1, 0.15) is 0 Å². The number of rotatable bonds is 4. The summed E-state index contributed by atoms with van der Waals surface area (Å²) in [5, 5.41) is 5.79. The maximum Gasteiger partial charge on any atom is 0.323 e. The van der Waals surface area contributed by atoms with Crippen LogP contribution in [-0.4, -0.2) is 42.0 Å². The number of anilines is 1. The SMILES string of the molecule is CNC(=O)[C@H]1CCCN(C(=O)Nc2ncc(Cc3ccc(F)c(F)c3)s2)C1. The fraction of sp³-hybridized carbons (Fsp3) is 0.389. The Kier molecular flexibility index (Phi) is 6.00. The number of thiazole rings is 1. The number of nitrogens with one attached hydrogen (secondary N) is 2. The van der Waals surface area contributed by atoms with E-state index in [1.807, 2.05) is 0 Å². The van der Waals surface area contributed by atoms with Crippen molar-refractivity contribution in [2.24, 2.45) is 5.92 Å². The monoisotopic (exact) mass is 394 g/mol. The zero-order chi connectivity index (χ0) is 19.4. The maximum absolute atomic E-state index is 13.3. The average molecular weight is 394 g/mol. The number of likely N-dealkylation sites (tertiary alicyclic amines) is 1. The number of carbonyl (C=O) groups excluding carboxylic acids is 2. The molecule has 0 spiro atoms. The summed E-state index contributed by atoms with van der Waals surface area (Å²) in [6.45, 7) is 0.963. The Morgan fingerprint density at radius 2 is 2.15 bits per heavy atom. The van der Waals surface area contributed by atoms with Crippen LogP contribution in [0.5, 0.6) is 0 Å². The van der Waals surface area contributed by atoms with Gasteiger partial charge in [-0.25, -0.2) is 18.6 Å². The van der Waals surface area contributed by atoms with Gasteiger partial charge >= 0.3 is 6.03 Å². The summed E-state index contributed by atoms with van der Waals surface area (Å²) < 4.78 is 26.3. The van der Waals surface area contributed by atoms with E-state index in [1.54, 1.807) is 18.1 Å². The normalized spacial score (nSPS) is 16.9. The highest BCUT2D eigenvalue weighted by Gasteiger charge is 2.28. The number of benzene rings is 1. The largest absolute Gasteiger partial charge is 0.359 e. The van der Waals surface area contributed by atoms with Crippen molar-refractivity contribution in [3.8, 4) is 0 Å². The van der Waals surface area contributed by atoms with Gasteiger partial charge in [0.2, 0.25) is 5.91 Å². The molecular formula is C18H20F2N4O2S. The van der Waals surface area contributed by atoms with E-state index in [4.69, 9.17) is 0 Å². The molecule has 0 unspecified atom stereocenters. The average Bonchev–Trinajstić information content (AvgIpc) is 3.11. The van der Waals surface area contributed by atoms with E-state index < -0.39 is 11.6 Å². The van der Waals surface area contributed by atoms with Crippen molar-refractivity contribution in [3.05, 3.63) is 46.5 Å². The molecule has 0 bridgehead atoms. The number of aromatic nitrogens is 1. The molecule has 1 aliphatic rings. The topological polar surface area (TPSA) is 74.3 Å². The molecule has 6 nitrogen and oxygen atoms in total. The highest BCUT2D eigenvalue weighted by molar-refractivity contribution is 7.15. The van der Waals surface area contributed by atoms with Gasteiger partial charge in [-0.2, -0.15) is 0 Å². The molecule has 1 aromatic heterocycles. The predicted molar refractivity (Wildman–Crippen MR) is 98.7 cm³/mol. The molecule has 0 radical (unpaired) electrons. The smallest absolute Gasteiger partial charge is 0.323 e. The summed E-state index contributed by atoms with van der Waals surface area (Å²) in [5.74, 6) is -2.03. The summed E-state index contributed by atoms with van der Waals surface area (Å²) >= 11 is 1.28. The van der Waals surface area contributed by atoms with Gasteiger partial charge in [0.25, 0.3) is 0 Å². The summed E-state index contributed by atoms with van der Waals surface area (Å²) in [4.78, 5) is 30.8. The molecule has 9 heteroatoms. The zero-order valence-electron chi connectivity index (χ0n) is 14.8. The molecule has 3 amide bonds. The third kappa shape index (κ3) is 4.79. The highest BCUT2D eigenvalue weighted by atomic mass is 32.1. The van der Waals surface area contributed by atoms with E-state index in [1.165, 1.54) is 17.4 Å². The van der Waals surface area contributed by atoms with Crippen LogP contribution in [0.3, 0.4) is 0 Å². The van der Waals surface area contributed by atoms with Crippen LogP contribution in [0.1, 0.15) is 23.3 Å². The van der Waals surface area contributed by atoms with Crippen molar-refractivity contribution in [2.75, 3.05) is 25.5 Å². The fourth-order valence-electron chi connectivity index (χ4n) is 3.05. The van der Waals surface area contributed by atoms with Crippen molar-refractivity contribution in [1.29, 1.82) is 0 Å². The molecular weight excluding hydrogens is 374 g/mol. The summed E-state index contributed by atoms with van der Waals surface area (Å²) in [5.41, 5.74) is 0.625. The van der Waals surface area contributed by atoms with Gasteiger partial charge in [0.05, 0.1) is 5.92 Å². The standard InChI is InChI=1S/C18H20F2N4O2S/c1-21-16(25)12-3-2-6-24(10-12)18(26)23-17-22-9-13(27-17)7-11-4-5-14(19)15(20)8-11/h4-5,8-9,12H,2-3,6-7,10H2,1H3,(H,21,25)(H,22,23,26)/t12-/m0/s1. The first-order valence-corrected chi connectivity index (χ1v) is 9.44. The Balaban J connectivity index is 1.59. The van der Waals surface area contributed by atoms with Crippen molar-refractivity contribution < 1.29 is 18.4 Å². The third-order valence-corrected chi connectivity index (χ3v) is 5.37. The van der Waals surface area contributed by atoms with E-state index in [0.29, 0.717) is 30.2 Å². The molecule has 1 saturated heterocycles. The first-order valence-electron chi connectivity index (χ1n) is 8.62. The number of nitrogens with zero attached hydrogens (tertiary/aromatic N) is 2. The van der Waals surface area contributed by atoms with Gasteiger partial charge in [-0.05, 0) is 30.5 Å². The molecule has 0 saturated carbocycles. The molecule has 27 heavy (non-hydrogen) atoms. The number of urea groups is 1. The first kappa shape index (κ1) is 19.2. The van der Waals surface area contributed by atoms with Crippen LogP contribution < -0.4 is 10.6 Å². The van der Waals surface area contributed by atoms with E-state index >= 15 is 0 Å². The lowest BCUT2D eigenvalue weighted by Crippen LogP contribution is -2.46. The van der Waals surface area contributed by atoms with Crippen LogP contribution in [0.4, 0.5) is 18.7 Å². The third-order valence-electron chi connectivity index (χ3n) is 4.46. The van der Waals surface area contributed by atoms with Crippen LogP contribution in [-0.2, 0) is 11.2 Å². The zero-order valence-corrected chi connectivity index (χ0v) is 15.6. The Morgan fingerprint density at radius 1 is 1.33 bits per heavy atom.